The van der Waals surface area contributed by atoms with Gasteiger partial charge < -0.3 is 5.73 Å². The Morgan fingerprint density at radius 1 is 1.42 bits per heavy atom. The first-order valence-corrected chi connectivity index (χ1v) is 4.43. The van der Waals surface area contributed by atoms with Crippen molar-refractivity contribution in [3.05, 3.63) is 0 Å². The first-order valence-electron chi connectivity index (χ1n) is 4.43. The van der Waals surface area contributed by atoms with Crippen LogP contribution >= 0.6 is 0 Å². The molecule has 0 heterocycles. The maximum absolute atomic E-state index is 12.4. The predicted molar refractivity (Wildman–Crippen MR) is 45.1 cm³/mol. The molecule has 12 heavy (non-hydrogen) atoms. The van der Waals surface area contributed by atoms with Gasteiger partial charge in [-0.15, -0.1) is 0 Å². The second-order valence-corrected chi connectivity index (χ2v) is 4.70. The maximum atomic E-state index is 12.4. The van der Waals surface area contributed by atoms with Crippen LogP contribution in [0.3, 0.4) is 0 Å². The Bertz CT molecular complexity index is 158. The molecule has 0 spiro atoms. The zero-order valence-corrected chi connectivity index (χ0v) is 7.74. The molecule has 1 rings (SSSR count). The van der Waals surface area contributed by atoms with Crippen LogP contribution in [0.25, 0.3) is 0 Å². The van der Waals surface area contributed by atoms with Gasteiger partial charge in [0, 0.05) is 12.8 Å². The molecule has 1 aliphatic rings. The predicted octanol–water partition coefficient (Wildman–Crippen LogP) is 2.41. The normalized spacial score (nSPS) is 23.8. The lowest BCUT2D eigenvalue weighted by Crippen LogP contribution is -2.39. The number of alkyl halides is 2. The Balaban J connectivity index is 2.27. The van der Waals surface area contributed by atoms with Gasteiger partial charge in [0.15, 0.2) is 0 Å². The minimum absolute atomic E-state index is 0.0289. The Kier molecular flexibility index (Phi) is 2.43. The quantitative estimate of drug-likeness (QED) is 0.703. The molecule has 0 radical (unpaired) electrons. The molecule has 0 saturated heterocycles. The Morgan fingerprint density at radius 2 is 1.92 bits per heavy atom. The van der Waals surface area contributed by atoms with Gasteiger partial charge in [-0.2, -0.15) is 0 Å². The molecule has 1 saturated carbocycles. The van der Waals surface area contributed by atoms with E-state index < -0.39 is 5.92 Å². The number of nitrogens with two attached hydrogens (primary N) is 1. The van der Waals surface area contributed by atoms with Crippen molar-refractivity contribution >= 4 is 0 Å². The lowest BCUT2D eigenvalue weighted by atomic mass is 9.71. The lowest BCUT2D eigenvalue weighted by Gasteiger charge is -2.39. The van der Waals surface area contributed by atoms with E-state index in [2.05, 4.69) is 0 Å². The van der Waals surface area contributed by atoms with E-state index in [0.29, 0.717) is 6.54 Å². The summed E-state index contributed by atoms with van der Waals surface area (Å²) >= 11 is 0. The largest absolute Gasteiger partial charge is 0.330 e. The molecule has 0 aliphatic heterocycles. The van der Waals surface area contributed by atoms with Gasteiger partial charge in [0.05, 0.1) is 0 Å². The van der Waals surface area contributed by atoms with Crippen LogP contribution < -0.4 is 5.73 Å². The van der Waals surface area contributed by atoms with Crippen molar-refractivity contribution < 1.29 is 8.78 Å². The molecule has 1 fully saturated rings. The smallest absolute Gasteiger partial charge is 0.248 e. The molecular weight excluding hydrogens is 160 g/mol. The van der Waals surface area contributed by atoms with E-state index in [9.17, 15) is 8.78 Å². The first kappa shape index (κ1) is 9.90. The molecular formula is C9H17F2N. The van der Waals surface area contributed by atoms with Crippen LogP contribution in [0.4, 0.5) is 8.78 Å². The molecule has 0 aromatic carbocycles. The van der Waals surface area contributed by atoms with Crippen LogP contribution in [0.15, 0.2) is 0 Å². The molecule has 0 aromatic rings. The van der Waals surface area contributed by atoms with E-state index in [1.807, 2.05) is 13.8 Å². The van der Waals surface area contributed by atoms with E-state index in [1.165, 1.54) is 0 Å². The summed E-state index contributed by atoms with van der Waals surface area (Å²) in [5.41, 5.74) is 5.54. The van der Waals surface area contributed by atoms with Crippen LogP contribution in [0, 0.1) is 11.3 Å². The minimum Gasteiger partial charge on any atom is -0.330 e. The van der Waals surface area contributed by atoms with Crippen molar-refractivity contribution in [2.24, 2.45) is 17.1 Å². The second kappa shape index (κ2) is 2.95. The number of rotatable bonds is 3. The van der Waals surface area contributed by atoms with Gasteiger partial charge in [-0.25, -0.2) is 8.78 Å². The number of hydrogen-bond acceptors (Lipinski definition) is 1. The van der Waals surface area contributed by atoms with Gasteiger partial charge >= 0.3 is 0 Å². The fourth-order valence-electron chi connectivity index (χ4n) is 1.79. The van der Waals surface area contributed by atoms with Crippen molar-refractivity contribution in [1.29, 1.82) is 0 Å². The fraction of sp³-hybridized carbons (Fsp3) is 1.00. The molecule has 2 N–H and O–H groups in total. The zero-order valence-electron chi connectivity index (χ0n) is 7.74. The van der Waals surface area contributed by atoms with Gasteiger partial charge in [-0.1, -0.05) is 13.8 Å². The maximum Gasteiger partial charge on any atom is 0.248 e. The molecule has 0 atom stereocenters. The summed E-state index contributed by atoms with van der Waals surface area (Å²) in [4.78, 5) is 0. The highest BCUT2D eigenvalue weighted by Crippen LogP contribution is 2.46. The third kappa shape index (κ3) is 2.41. The van der Waals surface area contributed by atoms with Crippen molar-refractivity contribution in [2.75, 3.05) is 6.54 Å². The highest BCUT2D eigenvalue weighted by molar-refractivity contribution is 4.89. The van der Waals surface area contributed by atoms with Crippen LogP contribution in [-0.4, -0.2) is 12.5 Å². The van der Waals surface area contributed by atoms with E-state index in [0.717, 1.165) is 6.42 Å². The zero-order chi connectivity index (χ0) is 9.41. The molecule has 1 nitrogen and oxygen atoms in total. The van der Waals surface area contributed by atoms with Crippen LogP contribution in [-0.2, 0) is 0 Å². The van der Waals surface area contributed by atoms with Gasteiger partial charge in [0.2, 0.25) is 5.92 Å². The van der Waals surface area contributed by atoms with Crippen LogP contribution in [0.2, 0.25) is 0 Å². The number of halogens is 2. The molecule has 0 aromatic heterocycles. The van der Waals surface area contributed by atoms with Crippen molar-refractivity contribution in [3.63, 3.8) is 0 Å². The summed E-state index contributed by atoms with van der Waals surface area (Å²) in [6.45, 7) is 4.64. The third-order valence-corrected chi connectivity index (χ3v) is 2.57. The number of hydrogen-bond donors (Lipinski definition) is 1. The standard InChI is InChI=1S/C9H17F2N/c1-8(2,6-12)3-7-4-9(10,11)5-7/h7H,3-6,12H2,1-2H3. The summed E-state index contributed by atoms with van der Waals surface area (Å²) in [5, 5.41) is 0. The highest BCUT2D eigenvalue weighted by Gasteiger charge is 2.46. The Morgan fingerprint density at radius 3 is 2.25 bits per heavy atom. The first-order chi connectivity index (χ1) is 5.35. The molecule has 0 amide bonds. The lowest BCUT2D eigenvalue weighted by molar-refractivity contribution is -0.118. The summed E-state index contributed by atoms with van der Waals surface area (Å²) in [5.74, 6) is -2.19. The SMILES string of the molecule is CC(C)(CN)CC1CC(F)(F)C1. The van der Waals surface area contributed by atoms with Crippen LogP contribution in [0.5, 0.6) is 0 Å². The van der Waals surface area contributed by atoms with Crippen molar-refractivity contribution in [3.8, 4) is 0 Å². The summed E-state index contributed by atoms with van der Waals surface area (Å²) in [7, 11) is 0. The summed E-state index contributed by atoms with van der Waals surface area (Å²) < 4.78 is 24.9. The molecule has 0 unspecified atom stereocenters. The van der Waals surface area contributed by atoms with Gasteiger partial charge in [-0.05, 0) is 24.3 Å². The van der Waals surface area contributed by atoms with Crippen LogP contribution in [0.1, 0.15) is 33.1 Å². The highest BCUT2D eigenvalue weighted by atomic mass is 19.3. The molecule has 1 aliphatic carbocycles. The van der Waals surface area contributed by atoms with E-state index in [-0.39, 0.29) is 24.2 Å². The minimum atomic E-state index is -2.38. The van der Waals surface area contributed by atoms with Gasteiger partial charge in [0.25, 0.3) is 0 Å². The van der Waals surface area contributed by atoms with Gasteiger partial charge in [0.1, 0.15) is 0 Å². The second-order valence-electron chi connectivity index (χ2n) is 4.70. The van der Waals surface area contributed by atoms with Gasteiger partial charge in [-0.3, -0.25) is 0 Å². The third-order valence-electron chi connectivity index (χ3n) is 2.57. The van der Waals surface area contributed by atoms with E-state index >= 15 is 0 Å². The van der Waals surface area contributed by atoms with E-state index in [4.69, 9.17) is 5.73 Å². The summed E-state index contributed by atoms with van der Waals surface area (Å²) in [6, 6.07) is 0. The van der Waals surface area contributed by atoms with Crippen molar-refractivity contribution in [2.45, 2.75) is 39.0 Å². The fourth-order valence-corrected chi connectivity index (χ4v) is 1.79. The monoisotopic (exact) mass is 177 g/mol. The van der Waals surface area contributed by atoms with E-state index in [1.54, 1.807) is 0 Å². The molecule has 0 bridgehead atoms. The summed E-state index contributed by atoms with van der Waals surface area (Å²) in [6.07, 6.45) is 0.964. The van der Waals surface area contributed by atoms with Crippen molar-refractivity contribution in [1.82, 2.24) is 0 Å². The average molecular weight is 177 g/mol. The molecule has 72 valence electrons. The molecule has 3 heteroatoms. The average Bonchev–Trinajstić information content (AvgIpc) is 1.83. The Hall–Kier alpha value is -0.180. The Labute approximate surface area is 72.3 Å². The topological polar surface area (TPSA) is 26.0 Å².